The highest BCUT2D eigenvalue weighted by molar-refractivity contribution is 9.10. The summed E-state index contributed by atoms with van der Waals surface area (Å²) >= 11 is 3.15. The molecule has 1 rings (SSSR count). The lowest BCUT2D eigenvalue weighted by molar-refractivity contribution is -0.138. The van der Waals surface area contributed by atoms with E-state index in [2.05, 4.69) is 15.9 Å². The van der Waals surface area contributed by atoms with Gasteiger partial charge in [0, 0.05) is 5.56 Å². The molecule has 0 fully saturated rings. The van der Waals surface area contributed by atoms with Gasteiger partial charge in [-0.2, -0.15) is 0 Å². The molecule has 0 aromatic heterocycles. The Morgan fingerprint density at radius 3 is 2.41 bits per heavy atom. The number of methoxy groups -OCH3 is 2. The topological polar surface area (TPSA) is 76.0 Å². The van der Waals surface area contributed by atoms with Gasteiger partial charge in [0.1, 0.15) is 10.2 Å². The number of aromatic hydroxyl groups is 1. The molecule has 0 aliphatic heterocycles. The summed E-state index contributed by atoms with van der Waals surface area (Å²) in [6.07, 6.45) is 0. The van der Waals surface area contributed by atoms with Gasteiger partial charge in [0.15, 0.2) is 11.5 Å². The number of ether oxygens (including phenoxy) is 2. The Morgan fingerprint density at radius 2 is 2.00 bits per heavy atom. The quantitative estimate of drug-likeness (QED) is 0.893. The zero-order valence-electron chi connectivity index (χ0n) is 9.65. The molecule has 1 aromatic carbocycles. The van der Waals surface area contributed by atoms with E-state index in [1.807, 2.05) is 0 Å². The Balaban J connectivity index is 3.44. The van der Waals surface area contributed by atoms with E-state index in [1.54, 1.807) is 0 Å². The third-order valence-electron chi connectivity index (χ3n) is 2.45. The molecule has 1 atom stereocenters. The minimum atomic E-state index is -1.03. The van der Waals surface area contributed by atoms with Crippen molar-refractivity contribution in [1.29, 1.82) is 0 Å². The fraction of sp³-hybridized carbons (Fsp3) is 0.364. The largest absolute Gasteiger partial charge is 0.506 e. The van der Waals surface area contributed by atoms with Crippen molar-refractivity contribution < 1.29 is 24.5 Å². The lowest BCUT2D eigenvalue weighted by Gasteiger charge is -2.16. The van der Waals surface area contributed by atoms with Gasteiger partial charge in [0.25, 0.3) is 0 Å². The number of phenols is 1. The molecule has 94 valence electrons. The summed E-state index contributed by atoms with van der Waals surface area (Å²) in [5.74, 6) is -1.34. The van der Waals surface area contributed by atoms with Crippen molar-refractivity contribution >= 4 is 21.9 Å². The molecule has 5 nitrogen and oxygen atoms in total. The van der Waals surface area contributed by atoms with Gasteiger partial charge in [-0.15, -0.1) is 0 Å². The van der Waals surface area contributed by atoms with Crippen molar-refractivity contribution in [2.75, 3.05) is 14.2 Å². The van der Waals surface area contributed by atoms with Gasteiger partial charge in [0.2, 0.25) is 0 Å². The lowest BCUT2D eigenvalue weighted by atomic mass is 9.99. The lowest BCUT2D eigenvalue weighted by Crippen LogP contribution is -2.08. The number of carboxylic acids is 1. The molecule has 0 heterocycles. The summed E-state index contributed by atoms with van der Waals surface area (Å²) in [5, 5.41) is 18.8. The van der Waals surface area contributed by atoms with Crippen LogP contribution in [0.2, 0.25) is 0 Å². The average Bonchev–Trinajstić information content (AvgIpc) is 2.31. The second-order valence-electron chi connectivity index (χ2n) is 3.42. The summed E-state index contributed by atoms with van der Waals surface area (Å²) in [6.45, 7) is 1.48. The van der Waals surface area contributed by atoms with Crippen LogP contribution < -0.4 is 9.47 Å². The Morgan fingerprint density at radius 1 is 1.41 bits per heavy atom. The van der Waals surface area contributed by atoms with Crippen LogP contribution in [0.5, 0.6) is 17.2 Å². The first-order valence-electron chi connectivity index (χ1n) is 4.80. The summed E-state index contributed by atoms with van der Waals surface area (Å²) in [6, 6.07) is 1.46. The van der Waals surface area contributed by atoms with Gasteiger partial charge in [-0.1, -0.05) is 0 Å². The Kier molecular flexibility index (Phi) is 4.22. The van der Waals surface area contributed by atoms with Crippen molar-refractivity contribution in [3.63, 3.8) is 0 Å². The van der Waals surface area contributed by atoms with Crippen LogP contribution in [-0.2, 0) is 4.79 Å². The summed E-state index contributed by atoms with van der Waals surface area (Å²) < 4.78 is 10.4. The van der Waals surface area contributed by atoms with E-state index in [0.717, 1.165) is 0 Å². The van der Waals surface area contributed by atoms with E-state index >= 15 is 0 Å². The van der Waals surface area contributed by atoms with Crippen LogP contribution in [-0.4, -0.2) is 30.4 Å². The van der Waals surface area contributed by atoms with E-state index < -0.39 is 11.9 Å². The fourth-order valence-corrected chi connectivity index (χ4v) is 2.01. The first-order valence-corrected chi connectivity index (χ1v) is 5.59. The van der Waals surface area contributed by atoms with Gasteiger partial charge < -0.3 is 19.7 Å². The van der Waals surface area contributed by atoms with Crippen molar-refractivity contribution in [3.05, 3.63) is 16.1 Å². The van der Waals surface area contributed by atoms with Crippen molar-refractivity contribution in [1.82, 2.24) is 0 Å². The van der Waals surface area contributed by atoms with Gasteiger partial charge in [0.05, 0.1) is 20.1 Å². The molecule has 0 saturated heterocycles. The van der Waals surface area contributed by atoms with Crippen LogP contribution in [0.1, 0.15) is 18.4 Å². The molecule has 0 spiro atoms. The molecule has 6 heteroatoms. The highest BCUT2D eigenvalue weighted by Crippen LogP contribution is 2.45. The molecule has 1 unspecified atom stereocenters. The smallest absolute Gasteiger partial charge is 0.310 e. The first-order chi connectivity index (χ1) is 7.93. The predicted molar refractivity (Wildman–Crippen MR) is 65.0 cm³/mol. The normalized spacial score (nSPS) is 12.0. The maximum absolute atomic E-state index is 10.9. The predicted octanol–water partition coefficient (Wildman–Crippen LogP) is 2.36. The molecular weight excluding hydrogens is 292 g/mol. The summed E-state index contributed by atoms with van der Waals surface area (Å²) in [4.78, 5) is 10.9. The Bertz CT molecular complexity index is 444. The second-order valence-corrected chi connectivity index (χ2v) is 4.22. The summed E-state index contributed by atoms with van der Waals surface area (Å²) in [7, 11) is 2.87. The third-order valence-corrected chi connectivity index (χ3v) is 3.19. The van der Waals surface area contributed by atoms with Crippen LogP contribution in [0.15, 0.2) is 10.5 Å². The van der Waals surface area contributed by atoms with E-state index in [9.17, 15) is 9.90 Å². The van der Waals surface area contributed by atoms with Gasteiger partial charge in [-0.05, 0) is 28.9 Å². The number of aliphatic carboxylic acids is 1. The van der Waals surface area contributed by atoms with E-state index in [-0.39, 0.29) is 15.8 Å². The number of halogens is 1. The standard InChI is InChI=1S/C11H13BrO5/c1-5(11(14)15)6-4-7(16-2)10(17-3)8(12)9(6)13/h4-5,13H,1-3H3,(H,14,15). The Hall–Kier alpha value is -1.43. The number of rotatable bonds is 4. The maximum atomic E-state index is 10.9. The van der Waals surface area contributed by atoms with E-state index in [0.29, 0.717) is 11.5 Å². The molecule has 0 saturated carbocycles. The number of carboxylic acid groups (broad SMARTS) is 1. The second kappa shape index (κ2) is 5.27. The average molecular weight is 305 g/mol. The minimum Gasteiger partial charge on any atom is -0.506 e. The molecule has 0 radical (unpaired) electrons. The Labute approximate surface area is 107 Å². The molecule has 0 aliphatic carbocycles. The van der Waals surface area contributed by atoms with Gasteiger partial charge >= 0.3 is 5.97 Å². The maximum Gasteiger partial charge on any atom is 0.310 e. The first kappa shape index (κ1) is 13.6. The monoisotopic (exact) mass is 304 g/mol. The number of hydrogen-bond donors (Lipinski definition) is 2. The minimum absolute atomic E-state index is 0.155. The molecular formula is C11H13BrO5. The van der Waals surface area contributed by atoms with Crippen LogP contribution in [0.25, 0.3) is 0 Å². The zero-order valence-corrected chi connectivity index (χ0v) is 11.2. The zero-order chi connectivity index (χ0) is 13.2. The van der Waals surface area contributed by atoms with Crippen LogP contribution in [0.4, 0.5) is 0 Å². The molecule has 17 heavy (non-hydrogen) atoms. The number of carbonyl (C=O) groups is 1. The molecule has 0 bridgehead atoms. The highest BCUT2D eigenvalue weighted by Gasteiger charge is 2.24. The van der Waals surface area contributed by atoms with Crippen molar-refractivity contribution in [2.45, 2.75) is 12.8 Å². The highest BCUT2D eigenvalue weighted by atomic mass is 79.9. The van der Waals surface area contributed by atoms with Gasteiger partial charge in [-0.3, -0.25) is 4.79 Å². The van der Waals surface area contributed by atoms with Crippen LogP contribution in [0, 0.1) is 0 Å². The van der Waals surface area contributed by atoms with E-state index in [4.69, 9.17) is 14.6 Å². The van der Waals surface area contributed by atoms with E-state index in [1.165, 1.54) is 27.2 Å². The third kappa shape index (κ3) is 2.46. The molecule has 2 N–H and O–H groups in total. The molecule has 0 aliphatic rings. The SMILES string of the molecule is COc1cc(C(C)C(=O)O)c(O)c(Br)c1OC. The fourth-order valence-electron chi connectivity index (χ4n) is 1.42. The van der Waals surface area contributed by atoms with Gasteiger partial charge in [-0.25, -0.2) is 0 Å². The number of hydrogen-bond acceptors (Lipinski definition) is 4. The molecule has 0 amide bonds. The summed E-state index contributed by atoms with van der Waals surface area (Å²) in [5.41, 5.74) is 0.266. The number of phenolic OH excluding ortho intramolecular Hbond substituents is 1. The molecule has 1 aromatic rings. The van der Waals surface area contributed by atoms with Crippen molar-refractivity contribution in [3.8, 4) is 17.2 Å². The number of benzene rings is 1. The van der Waals surface area contributed by atoms with Crippen molar-refractivity contribution in [2.24, 2.45) is 0 Å². The van der Waals surface area contributed by atoms with Crippen LogP contribution >= 0.6 is 15.9 Å². The van der Waals surface area contributed by atoms with Crippen LogP contribution in [0.3, 0.4) is 0 Å².